The molecule has 2 saturated carbocycles. The zero-order valence-electron chi connectivity index (χ0n) is 26.0. The molecule has 0 N–H and O–H groups in total. The first-order valence-electron chi connectivity index (χ1n) is 16.5. The number of piperidine rings is 2. The molecular formula is C35H40I2N2O6. The number of halogens is 2. The van der Waals surface area contributed by atoms with Crippen molar-refractivity contribution in [1.29, 1.82) is 0 Å². The van der Waals surface area contributed by atoms with Crippen molar-refractivity contribution in [2.45, 2.75) is 96.1 Å². The van der Waals surface area contributed by atoms with Gasteiger partial charge in [-0.25, -0.2) is 0 Å². The third-order valence-corrected chi connectivity index (χ3v) is 12.4. The number of carbonyl (C=O) groups is 2. The van der Waals surface area contributed by atoms with Crippen molar-refractivity contribution >= 4 is 57.0 Å². The number of benzene rings is 2. The van der Waals surface area contributed by atoms with Crippen molar-refractivity contribution in [1.82, 2.24) is 9.80 Å². The van der Waals surface area contributed by atoms with E-state index in [0.717, 1.165) is 76.4 Å². The number of hydrogen-bond acceptors (Lipinski definition) is 6. The van der Waals surface area contributed by atoms with E-state index in [1.807, 2.05) is 34.1 Å². The molecule has 2 spiro atoms. The number of likely N-dealkylation sites (tertiary alicyclic amines) is 2. The lowest BCUT2D eigenvalue weighted by Crippen LogP contribution is -2.64. The summed E-state index contributed by atoms with van der Waals surface area (Å²) in [6, 6.07) is 7.72. The number of amides is 2. The molecule has 2 amide bonds. The molecule has 45 heavy (non-hydrogen) atoms. The molecule has 4 heterocycles. The summed E-state index contributed by atoms with van der Waals surface area (Å²) in [5.74, 6) is 1.75. The van der Waals surface area contributed by atoms with E-state index < -0.39 is 11.6 Å². The maximum atomic E-state index is 14.1. The molecule has 2 bridgehead atoms. The predicted molar refractivity (Wildman–Crippen MR) is 185 cm³/mol. The molecule has 2 aromatic rings. The number of nitrogens with zero attached hydrogens (tertiary/aromatic N) is 2. The first-order valence-corrected chi connectivity index (χ1v) is 18.6. The van der Waals surface area contributed by atoms with Crippen LogP contribution in [0.4, 0.5) is 0 Å². The maximum Gasteiger partial charge on any atom is 0.255 e. The molecule has 4 fully saturated rings. The van der Waals surface area contributed by atoms with Gasteiger partial charge in [-0.15, -0.1) is 0 Å². The smallest absolute Gasteiger partial charge is 0.255 e. The van der Waals surface area contributed by atoms with Gasteiger partial charge in [0.1, 0.15) is 0 Å². The van der Waals surface area contributed by atoms with Crippen LogP contribution in [-0.2, 0) is 0 Å². The maximum absolute atomic E-state index is 14.1. The van der Waals surface area contributed by atoms with E-state index in [1.165, 1.54) is 12.8 Å². The number of carbonyl (C=O) groups excluding carboxylic acids is 2. The molecule has 8 rings (SSSR count). The van der Waals surface area contributed by atoms with Gasteiger partial charge < -0.3 is 28.7 Å². The third-order valence-electron chi connectivity index (χ3n) is 10.7. The first kappa shape index (κ1) is 30.4. The summed E-state index contributed by atoms with van der Waals surface area (Å²) in [6.45, 7) is 6.83. The van der Waals surface area contributed by atoms with Crippen molar-refractivity contribution in [3.63, 3.8) is 0 Å². The monoisotopic (exact) mass is 838 g/mol. The second-order valence-corrected chi connectivity index (χ2v) is 17.4. The molecule has 0 atom stereocenters. The van der Waals surface area contributed by atoms with E-state index in [0.29, 0.717) is 48.8 Å². The van der Waals surface area contributed by atoms with Crippen molar-refractivity contribution in [2.75, 3.05) is 26.2 Å². The molecule has 240 valence electrons. The van der Waals surface area contributed by atoms with Crippen molar-refractivity contribution in [3.8, 4) is 23.0 Å². The summed E-state index contributed by atoms with van der Waals surface area (Å²) in [6.07, 6.45) is 11.3. The van der Waals surface area contributed by atoms with Crippen LogP contribution in [0, 0.1) is 18.0 Å². The van der Waals surface area contributed by atoms with Crippen LogP contribution in [-0.4, -0.2) is 59.4 Å². The van der Waals surface area contributed by atoms with E-state index >= 15 is 0 Å². The van der Waals surface area contributed by atoms with Gasteiger partial charge in [0.25, 0.3) is 23.4 Å². The van der Waals surface area contributed by atoms with Crippen molar-refractivity contribution in [3.05, 3.63) is 42.5 Å². The molecule has 0 aromatic heterocycles. The Labute approximate surface area is 292 Å². The SMILES string of the molecule is CC12CN(C(=O)c3cc4c(cc3I)OC3(CCCCC3)O4)CC(C)(CN(C(=O)c3cc4c(cc3I)OC3(CCCCC3)O4)C1)C2. The van der Waals surface area contributed by atoms with Gasteiger partial charge in [-0.3, -0.25) is 9.59 Å². The van der Waals surface area contributed by atoms with Crippen LogP contribution in [0.1, 0.15) is 105 Å². The van der Waals surface area contributed by atoms with Gasteiger partial charge in [0, 0.05) is 69.8 Å². The van der Waals surface area contributed by atoms with E-state index in [9.17, 15) is 9.59 Å². The van der Waals surface area contributed by atoms with Crippen LogP contribution in [0.3, 0.4) is 0 Å². The normalized spacial score (nSPS) is 28.9. The van der Waals surface area contributed by atoms with Crippen LogP contribution in [0.15, 0.2) is 24.3 Å². The fourth-order valence-electron chi connectivity index (χ4n) is 9.09. The number of hydrogen-bond donors (Lipinski definition) is 0. The topological polar surface area (TPSA) is 77.5 Å². The van der Waals surface area contributed by atoms with E-state index in [4.69, 9.17) is 18.9 Å². The standard InChI is InChI=1S/C35H40I2N2O6/c1-32-17-33(2,20-38(18-32)30(40)22-13-26-28(15-24(22)36)44-34(42-26)9-5-3-6-10-34)21-39(19-32)31(41)23-14-27-29(16-25(23)37)45-35(43-27)11-7-4-8-12-35/h13-16H,3-12,17-21H2,1-2H3. The average Bonchev–Trinajstić information content (AvgIpc) is 3.50. The molecule has 8 nitrogen and oxygen atoms in total. The molecule has 0 radical (unpaired) electrons. The molecule has 0 unspecified atom stereocenters. The highest BCUT2D eigenvalue weighted by Crippen LogP contribution is 2.50. The lowest BCUT2D eigenvalue weighted by atomic mass is 9.65. The fraction of sp³-hybridized carbons (Fsp3) is 0.600. The minimum atomic E-state index is -0.572. The Balaban J connectivity index is 0.999. The van der Waals surface area contributed by atoms with Gasteiger partial charge in [0.2, 0.25) is 0 Å². The highest BCUT2D eigenvalue weighted by atomic mass is 127. The Morgan fingerprint density at radius 1 is 0.578 bits per heavy atom. The van der Waals surface area contributed by atoms with E-state index in [1.54, 1.807) is 0 Å². The highest BCUT2D eigenvalue weighted by molar-refractivity contribution is 14.1. The average molecular weight is 839 g/mol. The summed E-state index contributed by atoms with van der Waals surface area (Å²) in [5, 5.41) is 0. The molecule has 4 aliphatic heterocycles. The van der Waals surface area contributed by atoms with Crippen LogP contribution < -0.4 is 18.9 Å². The molecule has 10 heteroatoms. The zero-order chi connectivity index (χ0) is 31.2. The lowest BCUT2D eigenvalue weighted by Gasteiger charge is -2.56. The minimum absolute atomic E-state index is 0.0225. The minimum Gasteiger partial charge on any atom is -0.448 e. The van der Waals surface area contributed by atoms with Crippen LogP contribution in [0.2, 0.25) is 0 Å². The van der Waals surface area contributed by atoms with Gasteiger partial charge in [-0.1, -0.05) is 26.7 Å². The summed E-state index contributed by atoms with van der Waals surface area (Å²) >= 11 is 4.51. The number of rotatable bonds is 2. The molecule has 2 aromatic carbocycles. The quantitative estimate of drug-likeness (QED) is 0.288. The fourth-order valence-corrected chi connectivity index (χ4v) is 10.4. The van der Waals surface area contributed by atoms with Crippen molar-refractivity contribution in [2.24, 2.45) is 10.8 Å². The number of ether oxygens (including phenoxy) is 4. The van der Waals surface area contributed by atoms with Crippen LogP contribution in [0.25, 0.3) is 0 Å². The zero-order valence-corrected chi connectivity index (χ0v) is 30.3. The summed E-state index contributed by atoms with van der Waals surface area (Å²) in [7, 11) is 0. The Kier molecular flexibility index (Phi) is 7.28. The second kappa shape index (κ2) is 10.8. The summed E-state index contributed by atoms with van der Waals surface area (Å²) in [5.41, 5.74) is 0.879. The predicted octanol–water partition coefficient (Wildman–Crippen LogP) is 7.77. The summed E-state index contributed by atoms with van der Waals surface area (Å²) < 4.78 is 27.1. The van der Waals surface area contributed by atoms with Gasteiger partial charge in [0.05, 0.1) is 11.1 Å². The largest absolute Gasteiger partial charge is 0.448 e. The van der Waals surface area contributed by atoms with Crippen LogP contribution in [0.5, 0.6) is 23.0 Å². The molecular weight excluding hydrogens is 798 g/mol. The Morgan fingerprint density at radius 3 is 1.27 bits per heavy atom. The molecule has 6 aliphatic rings. The lowest BCUT2D eigenvalue weighted by molar-refractivity contribution is -0.105. The molecule has 2 aliphatic carbocycles. The first-order chi connectivity index (χ1) is 21.5. The van der Waals surface area contributed by atoms with Gasteiger partial charge in [-0.05, 0) is 102 Å². The van der Waals surface area contributed by atoms with Gasteiger partial charge in [-0.2, -0.15) is 0 Å². The highest BCUT2D eigenvalue weighted by Gasteiger charge is 2.52. The Hall–Kier alpha value is -1.96. The van der Waals surface area contributed by atoms with Gasteiger partial charge in [0.15, 0.2) is 23.0 Å². The van der Waals surface area contributed by atoms with E-state index in [-0.39, 0.29) is 22.6 Å². The Morgan fingerprint density at radius 2 is 0.911 bits per heavy atom. The molecule has 2 saturated heterocycles. The van der Waals surface area contributed by atoms with Gasteiger partial charge >= 0.3 is 0 Å². The van der Waals surface area contributed by atoms with Crippen LogP contribution >= 0.6 is 45.2 Å². The summed E-state index contributed by atoms with van der Waals surface area (Å²) in [4.78, 5) is 32.3. The van der Waals surface area contributed by atoms with E-state index in [2.05, 4.69) is 59.0 Å². The third kappa shape index (κ3) is 5.37. The number of fused-ring (bicyclic) bond motifs is 4. The second-order valence-electron chi connectivity index (χ2n) is 15.0. The van der Waals surface area contributed by atoms with Crippen molar-refractivity contribution < 1.29 is 28.5 Å². The Bertz CT molecular complexity index is 1450.